The van der Waals surface area contributed by atoms with Crippen LogP contribution in [0.2, 0.25) is 10.0 Å². The molecule has 1 saturated carbocycles. The molecule has 0 aliphatic heterocycles. The van der Waals surface area contributed by atoms with E-state index < -0.39 is 10.8 Å². The van der Waals surface area contributed by atoms with E-state index in [0.29, 0.717) is 12.5 Å². The van der Waals surface area contributed by atoms with Crippen LogP contribution in [0.15, 0.2) is 12.1 Å². The number of non-ortho nitro benzene ring substituents is 1. The van der Waals surface area contributed by atoms with E-state index in [0.717, 1.165) is 18.6 Å². The number of nitro benzene ring substituents is 1. The van der Waals surface area contributed by atoms with E-state index >= 15 is 0 Å². The van der Waals surface area contributed by atoms with Crippen molar-refractivity contribution in [1.82, 2.24) is 5.32 Å². The maximum absolute atomic E-state index is 12.1. The van der Waals surface area contributed by atoms with E-state index in [1.807, 2.05) is 0 Å². The van der Waals surface area contributed by atoms with Gasteiger partial charge in [0.15, 0.2) is 0 Å². The van der Waals surface area contributed by atoms with Gasteiger partial charge in [0.2, 0.25) is 0 Å². The van der Waals surface area contributed by atoms with Gasteiger partial charge in [-0.25, -0.2) is 0 Å². The van der Waals surface area contributed by atoms with Crippen LogP contribution < -0.4 is 5.32 Å². The molecule has 0 heterocycles. The minimum Gasteiger partial charge on any atom is -0.352 e. The van der Waals surface area contributed by atoms with Gasteiger partial charge in [-0.3, -0.25) is 14.9 Å². The van der Waals surface area contributed by atoms with Crippen LogP contribution >= 0.6 is 23.2 Å². The summed E-state index contributed by atoms with van der Waals surface area (Å²) in [5, 5.41) is 13.5. The Balaban J connectivity index is 2.14. The number of carbonyl (C=O) groups excluding carboxylic acids is 1. The zero-order chi connectivity index (χ0) is 15.1. The van der Waals surface area contributed by atoms with Crippen molar-refractivity contribution in [3.63, 3.8) is 0 Å². The zero-order valence-electron chi connectivity index (χ0n) is 11.1. The Bertz CT molecular complexity index is 587. The summed E-state index contributed by atoms with van der Waals surface area (Å²) in [7, 11) is 0. The van der Waals surface area contributed by atoms with Crippen molar-refractivity contribution >= 4 is 34.8 Å². The number of halogens is 2. The fourth-order valence-corrected chi connectivity index (χ4v) is 2.49. The molecule has 0 saturated heterocycles. The minimum atomic E-state index is -0.608. The van der Waals surface area contributed by atoms with E-state index in [9.17, 15) is 14.9 Å². The van der Waals surface area contributed by atoms with Crippen LogP contribution in [0.1, 0.15) is 30.6 Å². The zero-order valence-corrected chi connectivity index (χ0v) is 12.6. The Labute approximate surface area is 126 Å². The highest BCUT2D eigenvalue weighted by molar-refractivity contribution is 6.44. The molecule has 7 heteroatoms. The predicted octanol–water partition coefficient (Wildman–Crippen LogP) is 3.68. The standard InChI is InChI=1S/C13H14Cl2N2O3/c1-13(2)5-7(13)6-16-12(18)9-3-8(17(19)20)4-10(14)11(9)15/h3-4,7H,5-6H2,1-2H3,(H,16,18). The maximum atomic E-state index is 12.1. The normalized spacial score (nSPS) is 19.5. The van der Waals surface area contributed by atoms with Gasteiger partial charge in [0.25, 0.3) is 11.6 Å². The maximum Gasteiger partial charge on any atom is 0.271 e. The summed E-state index contributed by atoms with van der Waals surface area (Å²) in [6.07, 6.45) is 1.05. The highest BCUT2D eigenvalue weighted by Gasteiger charge is 2.45. The quantitative estimate of drug-likeness (QED) is 0.680. The summed E-state index contributed by atoms with van der Waals surface area (Å²) in [4.78, 5) is 22.2. The lowest BCUT2D eigenvalue weighted by Gasteiger charge is -2.08. The Morgan fingerprint density at radius 3 is 2.60 bits per heavy atom. The average Bonchev–Trinajstić information content (AvgIpc) is 2.97. The van der Waals surface area contributed by atoms with Gasteiger partial charge in [0.05, 0.1) is 20.5 Å². The lowest BCUT2D eigenvalue weighted by molar-refractivity contribution is -0.384. The van der Waals surface area contributed by atoms with Gasteiger partial charge in [0, 0.05) is 18.7 Å². The highest BCUT2D eigenvalue weighted by atomic mass is 35.5. The van der Waals surface area contributed by atoms with E-state index in [4.69, 9.17) is 23.2 Å². The van der Waals surface area contributed by atoms with Crippen molar-refractivity contribution in [3.8, 4) is 0 Å². The van der Waals surface area contributed by atoms with Gasteiger partial charge in [-0.1, -0.05) is 37.0 Å². The second kappa shape index (κ2) is 5.22. The molecule has 1 atom stereocenters. The monoisotopic (exact) mass is 316 g/mol. The summed E-state index contributed by atoms with van der Waals surface area (Å²) in [6, 6.07) is 2.27. The number of carbonyl (C=O) groups is 1. The summed E-state index contributed by atoms with van der Waals surface area (Å²) in [6.45, 7) is 4.78. The van der Waals surface area contributed by atoms with Crippen molar-refractivity contribution in [3.05, 3.63) is 37.9 Å². The van der Waals surface area contributed by atoms with Crippen molar-refractivity contribution in [2.45, 2.75) is 20.3 Å². The molecular weight excluding hydrogens is 303 g/mol. The SMILES string of the molecule is CC1(C)CC1CNC(=O)c1cc([N+](=O)[O-])cc(Cl)c1Cl. The van der Waals surface area contributed by atoms with Gasteiger partial charge in [-0.2, -0.15) is 0 Å². The number of nitrogens with zero attached hydrogens (tertiary/aromatic N) is 1. The van der Waals surface area contributed by atoms with Crippen molar-refractivity contribution < 1.29 is 9.72 Å². The molecule has 5 nitrogen and oxygen atoms in total. The molecule has 1 aromatic rings. The van der Waals surface area contributed by atoms with Gasteiger partial charge < -0.3 is 5.32 Å². The first-order valence-corrected chi connectivity index (χ1v) is 6.89. The fraction of sp³-hybridized carbons (Fsp3) is 0.462. The van der Waals surface area contributed by atoms with Gasteiger partial charge >= 0.3 is 0 Å². The lowest BCUT2D eigenvalue weighted by atomic mass is 10.1. The second-order valence-electron chi connectivity index (χ2n) is 5.65. The van der Waals surface area contributed by atoms with Crippen LogP contribution in [0.3, 0.4) is 0 Å². The largest absolute Gasteiger partial charge is 0.352 e. The number of nitrogens with one attached hydrogen (secondary N) is 1. The molecule has 1 fully saturated rings. The molecule has 0 bridgehead atoms. The van der Waals surface area contributed by atoms with Gasteiger partial charge in [-0.15, -0.1) is 0 Å². The first kappa shape index (κ1) is 15.1. The number of rotatable bonds is 4. The Kier molecular flexibility index (Phi) is 3.93. The van der Waals surface area contributed by atoms with Crippen molar-refractivity contribution in [1.29, 1.82) is 0 Å². The molecule has 1 aliphatic rings. The Hall–Kier alpha value is -1.33. The molecule has 1 aromatic carbocycles. The number of nitro groups is 1. The Morgan fingerprint density at radius 2 is 2.10 bits per heavy atom. The van der Waals surface area contributed by atoms with Crippen molar-refractivity contribution in [2.24, 2.45) is 11.3 Å². The summed E-state index contributed by atoms with van der Waals surface area (Å²) in [5.74, 6) is -0.0114. The second-order valence-corrected chi connectivity index (χ2v) is 6.43. The summed E-state index contributed by atoms with van der Waals surface area (Å²) in [5.41, 5.74) is 0.0258. The van der Waals surface area contributed by atoms with Gasteiger partial charge in [0.1, 0.15) is 0 Å². The Morgan fingerprint density at radius 1 is 1.50 bits per heavy atom. The fourth-order valence-electron chi connectivity index (χ4n) is 2.08. The topological polar surface area (TPSA) is 72.2 Å². The van der Waals surface area contributed by atoms with Crippen LogP contribution in [0.25, 0.3) is 0 Å². The third-order valence-electron chi connectivity index (χ3n) is 3.69. The molecule has 1 N–H and O–H groups in total. The van der Waals surface area contributed by atoms with E-state index in [1.165, 1.54) is 0 Å². The van der Waals surface area contributed by atoms with E-state index in [1.54, 1.807) is 0 Å². The van der Waals surface area contributed by atoms with Gasteiger partial charge in [-0.05, 0) is 17.8 Å². The molecule has 1 unspecified atom stereocenters. The predicted molar refractivity (Wildman–Crippen MR) is 77.3 cm³/mol. The van der Waals surface area contributed by atoms with E-state index in [-0.39, 0.29) is 26.7 Å². The molecule has 0 spiro atoms. The highest BCUT2D eigenvalue weighted by Crippen LogP contribution is 2.51. The van der Waals surface area contributed by atoms with Crippen LogP contribution in [-0.4, -0.2) is 17.4 Å². The van der Waals surface area contributed by atoms with Crippen LogP contribution in [-0.2, 0) is 0 Å². The summed E-state index contributed by atoms with van der Waals surface area (Å²) < 4.78 is 0. The molecule has 20 heavy (non-hydrogen) atoms. The van der Waals surface area contributed by atoms with Crippen LogP contribution in [0.4, 0.5) is 5.69 Å². The smallest absolute Gasteiger partial charge is 0.271 e. The van der Waals surface area contributed by atoms with Crippen LogP contribution in [0, 0.1) is 21.4 Å². The third kappa shape index (κ3) is 3.04. The molecule has 108 valence electrons. The number of amides is 1. The molecule has 1 aliphatic carbocycles. The van der Waals surface area contributed by atoms with E-state index in [2.05, 4.69) is 19.2 Å². The molecule has 0 radical (unpaired) electrons. The lowest BCUT2D eigenvalue weighted by Crippen LogP contribution is -2.27. The third-order valence-corrected chi connectivity index (χ3v) is 4.50. The molecular formula is C13H14Cl2N2O3. The number of hydrogen-bond donors (Lipinski definition) is 1. The summed E-state index contributed by atoms with van der Waals surface area (Å²) >= 11 is 11.7. The first-order valence-electron chi connectivity index (χ1n) is 6.14. The molecule has 1 amide bonds. The molecule has 0 aromatic heterocycles. The first-order chi connectivity index (χ1) is 9.22. The number of benzene rings is 1. The van der Waals surface area contributed by atoms with Crippen LogP contribution in [0.5, 0.6) is 0 Å². The minimum absolute atomic E-state index is 0.00207. The van der Waals surface area contributed by atoms with Crippen molar-refractivity contribution in [2.75, 3.05) is 6.54 Å². The molecule has 2 rings (SSSR count). The number of hydrogen-bond acceptors (Lipinski definition) is 3. The average molecular weight is 317 g/mol.